The Bertz CT molecular complexity index is 440. The third kappa shape index (κ3) is 6.61. The van der Waals surface area contributed by atoms with Crippen molar-refractivity contribution in [2.45, 2.75) is 13.0 Å². The molecule has 0 saturated carbocycles. The molecule has 20 heavy (non-hydrogen) atoms. The molecular weight excluding hydrogens is 367 g/mol. The molecule has 8 heteroatoms. The molecule has 0 amide bonds. The molecule has 0 heterocycles. The topological polar surface area (TPSA) is 44.5 Å². The molecule has 0 saturated heterocycles. The summed E-state index contributed by atoms with van der Waals surface area (Å²) in [4.78, 5) is 0. The number of rotatable bonds is 6. The first-order valence-electron chi connectivity index (χ1n) is 5.43. The van der Waals surface area contributed by atoms with Crippen molar-refractivity contribution in [1.82, 2.24) is 0 Å². The van der Waals surface area contributed by atoms with E-state index in [1.807, 2.05) is 6.92 Å². The van der Waals surface area contributed by atoms with Crippen molar-refractivity contribution in [3.05, 3.63) is 32.7 Å². The summed E-state index contributed by atoms with van der Waals surface area (Å²) in [5.74, 6) is 0.883. The van der Waals surface area contributed by atoms with Crippen LogP contribution >= 0.6 is 58.8 Å². The molecule has 0 fully saturated rings. The molecular formula is C12H14Cl5NO2. The van der Waals surface area contributed by atoms with Crippen LogP contribution in [0.25, 0.3) is 0 Å². The molecule has 1 rings (SSSR count). The molecule has 0 aliphatic rings. The lowest BCUT2D eigenvalue weighted by Crippen LogP contribution is -2.23. The predicted octanol–water partition coefficient (Wildman–Crippen LogP) is 4.84. The summed E-state index contributed by atoms with van der Waals surface area (Å²) in [5.41, 5.74) is 5.48. The lowest BCUT2D eigenvalue weighted by molar-refractivity contribution is 0.230. The standard InChI is InChI=1S/C12H13Cl4NO2.ClH/c1-7(6-17)19-12-9(13)4-8(5-10(12)14)18-3-2-11(15)16;/h2,4-5,7H,3,6,17H2,1H3;1H. The van der Waals surface area contributed by atoms with Gasteiger partial charge in [0.05, 0.1) is 10.0 Å². The Balaban J connectivity index is 0.00000361. The molecule has 0 bridgehead atoms. The maximum atomic E-state index is 6.08. The number of hydrogen-bond acceptors (Lipinski definition) is 3. The van der Waals surface area contributed by atoms with E-state index in [1.54, 1.807) is 12.1 Å². The molecule has 3 nitrogen and oxygen atoms in total. The van der Waals surface area contributed by atoms with Crippen molar-refractivity contribution in [3.63, 3.8) is 0 Å². The third-order valence-corrected chi connectivity index (χ3v) is 2.98. The van der Waals surface area contributed by atoms with Gasteiger partial charge in [-0.25, -0.2) is 0 Å². The van der Waals surface area contributed by atoms with Crippen LogP contribution in [0.15, 0.2) is 22.7 Å². The van der Waals surface area contributed by atoms with E-state index in [1.165, 1.54) is 6.08 Å². The fourth-order valence-electron chi connectivity index (χ4n) is 1.18. The van der Waals surface area contributed by atoms with E-state index < -0.39 is 0 Å². The van der Waals surface area contributed by atoms with Crippen molar-refractivity contribution in [2.24, 2.45) is 5.73 Å². The average Bonchev–Trinajstić information content (AvgIpc) is 2.33. The van der Waals surface area contributed by atoms with Crippen LogP contribution in [0, 0.1) is 0 Å². The van der Waals surface area contributed by atoms with Crippen molar-refractivity contribution in [3.8, 4) is 11.5 Å². The summed E-state index contributed by atoms with van der Waals surface area (Å²) in [6.45, 7) is 2.41. The Morgan fingerprint density at radius 2 is 1.85 bits per heavy atom. The Hall–Kier alpha value is -0.0300. The van der Waals surface area contributed by atoms with Crippen molar-refractivity contribution < 1.29 is 9.47 Å². The molecule has 0 radical (unpaired) electrons. The zero-order valence-electron chi connectivity index (χ0n) is 10.5. The second-order valence-corrected chi connectivity index (χ2v) is 5.51. The van der Waals surface area contributed by atoms with E-state index in [9.17, 15) is 0 Å². The highest BCUT2D eigenvalue weighted by Crippen LogP contribution is 2.37. The van der Waals surface area contributed by atoms with Gasteiger partial charge in [0.2, 0.25) is 0 Å². The van der Waals surface area contributed by atoms with Gasteiger partial charge < -0.3 is 15.2 Å². The maximum Gasteiger partial charge on any atom is 0.157 e. The summed E-state index contributed by atoms with van der Waals surface area (Å²) in [5, 5.41) is 0.701. The first-order chi connectivity index (χ1) is 8.93. The van der Waals surface area contributed by atoms with Crippen LogP contribution < -0.4 is 15.2 Å². The molecule has 2 N–H and O–H groups in total. The first kappa shape index (κ1) is 20.0. The molecule has 0 spiro atoms. The van der Waals surface area contributed by atoms with E-state index in [0.717, 1.165) is 0 Å². The molecule has 1 aromatic carbocycles. The van der Waals surface area contributed by atoms with Crippen LogP contribution in [-0.2, 0) is 0 Å². The second kappa shape index (κ2) is 9.82. The van der Waals surface area contributed by atoms with Gasteiger partial charge in [0.1, 0.15) is 23.0 Å². The largest absolute Gasteiger partial charge is 0.489 e. The lowest BCUT2D eigenvalue weighted by Gasteiger charge is -2.16. The summed E-state index contributed by atoms with van der Waals surface area (Å²) in [7, 11) is 0. The minimum absolute atomic E-state index is 0. The minimum Gasteiger partial charge on any atom is -0.489 e. The fraction of sp³-hybridized carbons (Fsp3) is 0.333. The van der Waals surface area contributed by atoms with E-state index in [0.29, 0.717) is 28.1 Å². The molecule has 114 valence electrons. The number of hydrogen-bond donors (Lipinski definition) is 1. The van der Waals surface area contributed by atoms with Crippen molar-refractivity contribution in [1.29, 1.82) is 0 Å². The van der Waals surface area contributed by atoms with Crippen LogP contribution in [0.2, 0.25) is 10.0 Å². The summed E-state index contributed by atoms with van der Waals surface area (Å²) in [6, 6.07) is 3.20. The first-order valence-corrected chi connectivity index (χ1v) is 6.95. The second-order valence-electron chi connectivity index (χ2n) is 3.68. The van der Waals surface area contributed by atoms with Gasteiger partial charge in [-0.1, -0.05) is 46.4 Å². The van der Waals surface area contributed by atoms with Gasteiger partial charge in [0, 0.05) is 18.7 Å². The average molecular weight is 382 g/mol. The van der Waals surface area contributed by atoms with Gasteiger partial charge >= 0.3 is 0 Å². The highest BCUT2D eigenvalue weighted by atomic mass is 35.5. The van der Waals surface area contributed by atoms with Crippen LogP contribution in [0.1, 0.15) is 6.92 Å². The van der Waals surface area contributed by atoms with E-state index in [2.05, 4.69) is 0 Å². The lowest BCUT2D eigenvalue weighted by atomic mass is 10.3. The maximum absolute atomic E-state index is 6.08. The molecule has 0 aliphatic carbocycles. The van der Waals surface area contributed by atoms with Crippen molar-refractivity contribution in [2.75, 3.05) is 13.2 Å². The number of ether oxygens (including phenoxy) is 2. The molecule has 1 atom stereocenters. The van der Waals surface area contributed by atoms with E-state index >= 15 is 0 Å². The van der Waals surface area contributed by atoms with Crippen LogP contribution in [0.3, 0.4) is 0 Å². The fourth-order valence-corrected chi connectivity index (χ4v) is 1.86. The third-order valence-electron chi connectivity index (χ3n) is 2.11. The molecule has 1 unspecified atom stereocenters. The summed E-state index contributed by atoms with van der Waals surface area (Å²) >= 11 is 23.1. The number of halogens is 5. The van der Waals surface area contributed by atoms with Gasteiger partial charge in [0.25, 0.3) is 0 Å². The molecule has 0 aromatic heterocycles. The molecule has 0 aliphatic heterocycles. The van der Waals surface area contributed by atoms with Gasteiger partial charge in [-0.05, 0) is 13.0 Å². The van der Waals surface area contributed by atoms with Gasteiger partial charge in [-0.2, -0.15) is 0 Å². The minimum atomic E-state index is -0.181. The Morgan fingerprint density at radius 3 is 2.30 bits per heavy atom. The quantitative estimate of drug-likeness (QED) is 0.767. The number of nitrogens with two attached hydrogens (primary N) is 1. The Morgan fingerprint density at radius 1 is 1.30 bits per heavy atom. The van der Waals surface area contributed by atoms with Crippen LogP contribution in [0.5, 0.6) is 11.5 Å². The monoisotopic (exact) mass is 379 g/mol. The van der Waals surface area contributed by atoms with Crippen molar-refractivity contribution >= 4 is 58.8 Å². The SMILES string of the molecule is CC(CN)Oc1c(Cl)cc(OCC=C(Cl)Cl)cc1Cl.Cl. The van der Waals surface area contributed by atoms with E-state index in [-0.39, 0.29) is 29.6 Å². The van der Waals surface area contributed by atoms with Crippen LogP contribution in [-0.4, -0.2) is 19.3 Å². The van der Waals surface area contributed by atoms with Gasteiger partial charge in [-0.15, -0.1) is 12.4 Å². The van der Waals surface area contributed by atoms with Gasteiger partial charge in [0.15, 0.2) is 5.75 Å². The number of benzene rings is 1. The Kier molecular flexibility index (Phi) is 9.81. The van der Waals surface area contributed by atoms with Gasteiger partial charge in [-0.3, -0.25) is 0 Å². The highest BCUT2D eigenvalue weighted by molar-refractivity contribution is 6.55. The molecule has 1 aromatic rings. The predicted molar refractivity (Wildman–Crippen MR) is 88.1 cm³/mol. The zero-order valence-corrected chi connectivity index (χ0v) is 14.4. The Labute approximate surface area is 144 Å². The summed E-state index contributed by atoms with van der Waals surface area (Å²) < 4.78 is 11.0. The smallest absolute Gasteiger partial charge is 0.157 e. The summed E-state index contributed by atoms with van der Waals surface area (Å²) in [6.07, 6.45) is 1.33. The normalized spacial score (nSPS) is 11.3. The van der Waals surface area contributed by atoms with Crippen LogP contribution in [0.4, 0.5) is 0 Å². The highest BCUT2D eigenvalue weighted by Gasteiger charge is 2.13. The zero-order chi connectivity index (χ0) is 14.4. The van der Waals surface area contributed by atoms with E-state index in [4.69, 9.17) is 61.6 Å².